The molecule has 36 heavy (non-hydrogen) atoms. The zero-order chi connectivity index (χ0) is 25.3. The van der Waals surface area contributed by atoms with Crippen molar-refractivity contribution in [1.29, 1.82) is 0 Å². The smallest absolute Gasteiger partial charge is 0.273 e. The summed E-state index contributed by atoms with van der Waals surface area (Å²) in [6, 6.07) is 20.0. The summed E-state index contributed by atoms with van der Waals surface area (Å²) in [4.78, 5) is 29.7. The lowest BCUT2D eigenvalue weighted by Gasteiger charge is -2.47. The highest BCUT2D eigenvalue weighted by atomic mass is 16.2. The first-order valence-electron chi connectivity index (χ1n) is 13.3. The van der Waals surface area contributed by atoms with Crippen LogP contribution in [0.5, 0.6) is 0 Å². The molecule has 6 heteroatoms. The first-order valence-corrected chi connectivity index (χ1v) is 13.3. The van der Waals surface area contributed by atoms with Crippen LogP contribution in [0.25, 0.3) is 11.3 Å². The molecule has 1 saturated carbocycles. The van der Waals surface area contributed by atoms with Crippen molar-refractivity contribution in [2.75, 3.05) is 0 Å². The summed E-state index contributed by atoms with van der Waals surface area (Å²) >= 11 is 0. The minimum Gasteiger partial charge on any atom is -0.351 e. The molecule has 6 nitrogen and oxygen atoms in total. The number of hydrogen-bond donors (Lipinski definition) is 1. The van der Waals surface area contributed by atoms with E-state index in [9.17, 15) is 9.59 Å². The molecule has 188 valence electrons. The van der Waals surface area contributed by atoms with Crippen LogP contribution in [0.2, 0.25) is 0 Å². The summed E-state index contributed by atoms with van der Waals surface area (Å²) in [7, 11) is 0. The number of fused-ring (bicyclic) bond motifs is 1. The molecule has 0 unspecified atom stereocenters. The topological polar surface area (TPSA) is 67.2 Å². The van der Waals surface area contributed by atoms with Crippen LogP contribution < -0.4 is 5.32 Å². The molecule has 1 N–H and O–H groups in total. The van der Waals surface area contributed by atoms with Gasteiger partial charge in [-0.2, -0.15) is 5.10 Å². The summed E-state index contributed by atoms with van der Waals surface area (Å²) in [6.45, 7) is 6.35. The maximum Gasteiger partial charge on any atom is 0.273 e. The Morgan fingerprint density at radius 3 is 2.44 bits per heavy atom. The van der Waals surface area contributed by atoms with Gasteiger partial charge in [-0.1, -0.05) is 80.8 Å². The van der Waals surface area contributed by atoms with Gasteiger partial charge in [0, 0.05) is 11.6 Å². The number of aromatic nitrogens is 2. The Kier molecular flexibility index (Phi) is 6.69. The second-order valence-electron chi connectivity index (χ2n) is 10.5. The van der Waals surface area contributed by atoms with Gasteiger partial charge in [-0.05, 0) is 50.3 Å². The fourth-order valence-corrected chi connectivity index (χ4v) is 5.73. The Balaban J connectivity index is 1.53. The van der Waals surface area contributed by atoms with Crippen LogP contribution in [0.15, 0.2) is 60.7 Å². The van der Waals surface area contributed by atoms with Crippen molar-refractivity contribution in [2.24, 2.45) is 0 Å². The number of nitrogens with one attached hydrogen (secondary N) is 1. The number of hydrogen-bond acceptors (Lipinski definition) is 3. The van der Waals surface area contributed by atoms with Crippen molar-refractivity contribution < 1.29 is 9.59 Å². The number of amides is 2. The molecule has 0 bridgehead atoms. The normalized spacial score (nSPS) is 21.2. The molecule has 1 aromatic heterocycles. The first kappa shape index (κ1) is 24.3. The number of rotatable bonds is 6. The average molecular weight is 485 g/mol. The van der Waals surface area contributed by atoms with E-state index in [1.165, 1.54) is 12.0 Å². The van der Waals surface area contributed by atoms with E-state index in [1.54, 1.807) is 9.58 Å². The fourth-order valence-electron chi connectivity index (χ4n) is 5.73. The van der Waals surface area contributed by atoms with Gasteiger partial charge in [0.05, 0.1) is 18.3 Å². The molecule has 2 heterocycles. The Morgan fingerprint density at radius 2 is 1.78 bits per heavy atom. The zero-order valence-corrected chi connectivity index (χ0v) is 21.5. The van der Waals surface area contributed by atoms with Crippen LogP contribution in [0.1, 0.15) is 80.5 Å². The summed E-state index contributed by atoms with van der Waals surface area (Å²) in [5.74, 6) is -0.261. The standard InChI is InChI=1S/C30H36N4O2/c1-4-22-15-17-24(18-16-22)26-19-27-28(35)34(21(2)23-11-7-5-8-12-23)30(3,20-33(27)32-26)29(36)31-25-13-9-6-10-14-25/h5,7-8,11-12,15-19,21,25H,4,6,9-10,13-14,20H2,1-3H3,(H,31,36)/t21-,30+/m1/s1. The van der Waals surface area contributed by atoms with E-state index in [1.807, 2.05) is 50.2 Å². The average Bonchev–Trinajstić information content (AvgIpc) is 3.33. The largest absolute Gasteiger partial charge is 0.351 e. The second-order valence-corrected chi connectivity index (χ2v) is 10.5. The summed E-state index contributed by atoms with van der Waals surface area (Å²) in [6.07, 6.45) is 6.45. The molecule has 2 amide bonds. The molecule has 1 aliphatic carbocycles. The number of benzene rings is 2. The maximum atomic E-state index is 14.1. The summed E-state index contributed by atoms with van der Waals surface area (Å²) in [5.41, 5.74) is 3.45. The minimum atomic E-state index is -1.06. The van der Waals surface area contributed by atoms with Crippen LogP contribution in [0.4, 0.5) is 0 Å². The highest BCUT2D eigenvalue weighted by molar-refractivity contribution is 6.00. The third kappa shape index (κ3) is 4.45. The molecule has 0 saturated heterocycles. The molecule has 2 atom stereocenters. The van der Waals surface area contributed by atoms with E-state index in [4.69, 9.17) is 5.10 Å². The van der Waals surface area contributed by atoms with Crippen LogP contribution in [0.3, 0.4) is 0 Å². The quantitative estimate of drug-likeness (QED) is 0.500. The first-order chi connectivity index (χ1) is 17.4. The van der Waals surface area contributed by atoms with E-state index in [-0.39, 0.29) is 23.9 Å². The molecule has 2 aliphatic rings. The van der Waals surface area contributed by atoms with Gasteiger partial charge in [-0.3, -0.25) is 14.3 Å². The summed E-state index contributed by atoms with van der Waals surface area (Å²) in [5, 5.41) is 8.10. The van der Waals surface area contributed by atoms with Crippen molar-refractivity contribution in [3.63, 3.8) is 0 Å². The Bertz CT molecular complexity index is 1230. The molecule has 2 aromatic carbocycles. The van der Waals surface area contributed by atoms with Gasteiger partial charge in [0.2, 0.25) is 5.91 Å². The van der Waals surface area contributed by atoms with Gasteiger partial charge >= 0.3 is 0 Å². The Labute approximate surface area is 213 Å². The molecule has 1 fully saturated rings. The molecule has 5 rings (SSSR count). The van der Waals surface area contributed by atoms with E-state index < -0.39 is 5.54 Å². The van der Waals surface area contributed by atoms with E-state index in [0.717, 1.165) is 48.9 Å². The Hall–Kier alpha value is -3.41. The van der Waals surface area contributed by atoms with Gasteiger partial charge < -0.3 is 10.2 Å². The molecule has 3 aromatic rings. The van der Waals surface area contributed by atoms with Crippen LogP contribution >= 0.6 is 0 Å². The number of aryl methyl sites for hydroxylation is 1. The lowest BCUT2D eigenvalue weighted by molar-refractivity contribution is -0.135. The summed E-state index contributed by atoms with van der Waals surface area (Å²) < 4.78 is 1.74. The van der Waals surface area contributed by atoms with E-state index in [0.29, 0.717) is 12.2 Å². The second kappa shape index (κ2) is 9.92. The third-order valence-corrected chi connectivity index (χ3v) is 7.96. The lowest BCUT2D eigenvalue weighted by atomic mass is 9.89. The highest BCUT2D eigenvalue weighted by Crippen LogP contribution is 2.37. The van der Waals surface area contributed by atoms with Gasteiger partial charge in [0.25, 0.3) is 5.91 Å². The van der Waals surface area contributed by atoms with Crippen LogP contribution in [-0.2, 0) is 17.8 Å². The van der Waals surface area contributed by atoms with E-state index >= 15 is 0 Å². The third-order valence-electron chi connectivity index (χ3n) is 7.96. The van der Waals surface area contributed by atoms with Gasteiger partial charge in [-0.15, -0.1) is 0 Å². The van der Waals surface area contributed by atoms with Crippen molar-refractivity contribution in [1.82, 2.24) is 20.0 Å². The number of nitrogens with zero attached hydrogens (tertiary/aromatic N) is 3. The van der Waals surface area contributed by atoms with Gasteiger partial charge in [0.15, 0.2) is 0 Å². The fraction of sp³-hybridized carbons (Fsp3) is 0.433. The van der Waals surface area contributed by atoms with E-state index in [2.05, 4.69) is 36.5 Å². The van der Waals surface area contributed by atoms with Crippen molar-refractivity contribution in [2.45, 2.75) is 83.5 Å². The molecule has 1 aliphatic heterocycles. The molecule has 0 radical (unpaired) electrons. The lowest BCUT2D eigenvalue weighted by Crippen LogP contribution is -2.65. The number of carbonyl (C=O) groups excluding carboxylic acids is 2. The zero-order valence-electron chi connectivity index (χ0n) is 21.5. The van der Waals surface area contributed by atoms with Crippen molar-refractivity contribution in [3.05, 3.63) is 77.5 Å². The SMILES string of the molecule is CCc1ccc(-c2cc3n(n2)C[C@@](C)(C(=O)NC2CCCCC2)N([C@H](C)c2ccccc2)C3=O)cc1. The predicted molar refractivity (Wildman–Crippen MR) is 141 cm³/mol. The Morgan fingerprint density at radius 1 is 1.08 bits per heavy atom. The maximum absolute atomic E-state index is 14.1. The monoisotopic (exact) mass is 484 g/mol. The molecular weight excluding hydrogens is 448 g/mol. The number of carbonyl (C=O) groups is 2. The molecule has 0 spiro atoms. The van der Waals surface area contributed by atoms with Crippen molar-refractivity contribution >= 4 is 11.8 Å². The van der Waals surface area contributed by atoms with Crippen LogP contribution in [0, 0.1) is 0 Å². The van der Waals surface area contributed by atoms with Crippen molar-refractivity contribution in [3.8, 4) is 11.3 Å². The minimum absolute atomic E-state index is 0.0967. The van der Waals surface area contributed by atoms with Crippen LogP contribution in [-0.4, -0.2) is 38.1 Å². The highest BCUT2D eigenvalue weighted by Gasteiger charge is 2.50. The predicted octanol–water partition coefficient (Wildman–Crippen LogP) is 5.54. The van der Waals surface area contributed by atoms with Gasteiger partial charge in [0.1, 0.15) is 11.2 Å². The molecular formula is C30H36N4O2. The van der Waals surface area contributed by atoms with Gasteiger partial charge in [-0.25, -0.2) is 0 Å².